The Balaban J connectivity index is 2.02. The van der Waals surface area contributed by atoms with Crippen molar-refractivity contribution in [2.45, 2.75) is 19.9 Å². The van der Waals surface area contributed by atoms with Gasteiger partial charge in [0.2, 0.25) is 0 Å². The summed E-state index contributed by atoms with van der Waals surface area (Å²) in [5, 5.41) is 11.1. The van der Waals surface area contributed by atoms with Gasteiger partial charge in [0.15, 0.2) is 0 Å². The van der Waals surface area contributed by atoms with Crippen molar-refractivity contribution in [3.63, 3.8) is 0 Å². The maximum atomic E-state index is 13.1. The zero-order valence-electron chi connectivity index (χ0n) is 19.9. The van der Waals surface area contributed by atoms with Crippen LogP contribution in [0.25, 0.3) is 5.76 Å². The first-order chi connectivity index (χ1) is 15.7. The standard InChI is InChI=1S/C26H32N2O5/c1-17(2)16-33-21-12-8-19(9-13-21)24(29)22-23(18-6-10-20(32-5)11-7-18)28(15-14-27(3)4)26(31)25(22)30/h6-13,17,23,29H,14-16H2,1-5H3/b24-22-. The first-order valence-corrected chi connectivity index (χ1v) is 11.0. The van der Waals surface area contributed by atoms with Crippen LogP contribution in [0.3, 0.4) is 0 Å². The van der Waals surface area contributed by atoms with Crippen LogP contribution >= 0.6 is 0 Å². The number of likely N-dealkylation sites (N-methyl/N-ethyl adjacent to an activating group) is 1. The lowest BCUT2D eigenvalue weighted by atomic mass is 9.95. The van der Waals surface area contributed by atoms with Crippen molar-refractivity contribution in [1.29, 1.82) is 0 Å². The SMILES string of the molecule is COc1ccc(C2/C(=C(/O)c3ccc(OCC(C)C)cc3)C(=O)C(=O)N2CCN(C)C)cc1. The Morgan fingerprint density at radius 2 is 1.64 bits per heavy atom. The third-order valence-corrected chi connectivity index (χ3v) is 5.47. The number of benzene rings is 2. The lowest BCUT2D eigenvalue weighted by Gasteiger charge is -2.26. The van der Waals surface area contributed by atoms with Gasteiger partial charge >= 0.3 is 0 Å². The number of carbonyl (C=O) groups excluding carboxylic acids is 2. The number of aliphatic hydroxyl groups is 1. The molecule has 2 aromatic carbocycles. The molecule has 0 saturated carbocycles. The Morgan fingerprint density at radius 3 is 2.18 bits per heavy atom. The number of nitrogens with zero attached hydrogens (tertiary/aromatic N) is 2. The van der Waals surface area contributed by atoms with Crippen molar-refractivity contribution in [1.82, 2.24) is 9.80 Å². The number of hydrogen-bond acceptors (Lipinski definition) is 6. The van der Waals surface area contributed by atoms with Gasteiger partial charge in [0, 0.05) is 18.7 Å². The number of ketones is 1. The van der Waals surface area contributed by atoms with Crippen molar-refractivity contribution in [3.8, 4) is 11.5 Å². The average molecular weight is 453 g/mol. The molecule has 3 rings (SSSR count). The molecule has 7 heteroatoms. The highest BCUT2D eigenvalue weighted by molar-refractivity contribution is 6.46. The number of ether oxygens (including phenoxy) is 2. The zero-order valence-corrected chi connectivity index (χ0v) is 19.9. The molecule has 0 bridgehead atoms. The second-order valence-corrected chi connectivity index (χ2v) is 8.80. The van der Waals surface area contributed by atoms with Gasteiger partial charge in [0.1, 0.15) is 17.3 Å². The van der Waals surface area contributed by atoms with Gasteiger partial charge in [0.25, 0.3) is 11.7 Å². The molecule has 0 aliphatic carbocycles. The number of hydrogen-bond donors (Lipinski definition) is 1. The molecule has 7 nitrogen and oxygen atoms in total. The Labute approximate surface area is 195 Å². The van der Waals surface area contributed by atoms with E-state index in [1.807, 2.05) is 31.1 Å². The van der Waals surface area contributed by atoms with Crippen LogP contribution in [0.4, 0.5) is 0 Å². The minimum Gasteiger partial charge on any atom is -0.507 e. The number of likely N-dealkylation sites (tertiary alicyclic amines) is 1. The summed E-state index contributed by atoms with van der Waals surface area (Å²) in [5.41, 5.74) is 1.27. The molecule has 1 saturated heterocycles. The maximum absolute atomic E-state index is 13.1. The number of aliphatic hydroxyl groups excluding tert-OH is 1. The Bertz CT molecular complexity index is 1010. The van der Waals surface area contributed by atoms with Crippen LogP contribution in [0.5, 0.6) is 11.5 Å². The molecule has 1 amide bonds. The molecule has 1 aliphatic heterocycles. The van der Waals surface area contributed by atoms with Gasteiger partial charge < -0.3 is 24.4 Å². The third-order valence-electron chi connectivity index (χ3n) is 5.47. The van der Waals surface area contributed by atoms with E-state index in [1.165, 1.54) is 4.90 Å². The summed E-state index contributed by atoms with van der Waals surface area (Å²) in [7, 11) is 5.39. The van der Waals surface area contributed by atoms with Gasteiger partial charge in [-0.05, 0) is 62.0 Å². The second-order valence-electron chi connectivity index (χ2n) is 8.80. The molecule has 1 atom stereocenters. The van der Waals surface area contributed by atoms with E-state index >= 15 is 0 Å². The summed E-state index contributed by atoms with van der Waals surface area (Å²) < 4.78 is 10.9. The predicted molar refractivity (Wildman–Crippen MR) is 127 cm³/mol. The number of methoxy groups -OCH3 is 1. The first kappa shape index (κ1) is 24.3. The molecule has 0 aromatic heterocycles. The molecule has 0 radical (unpaired) electrons. The van der Waals surface area contributed by atoms with Crippen LogP contribution in [0.15, 0.2) is 54.1 Å². The van der Waals surface area contributed by atoms with E-state index in [-0.39, 0.29) is 11.3 Å². The molecule has 1 unspecified atom stereocenters. The van der Waals surface area contributed by atoms with Crippen LogP contribution in [0.1, 0.15) is 31.0 Å². The maximum Gasteiger partial charge on any atom is 0.295 e. The van der Waals surface area contributed by atoms with E-state index in [0.29, 0.717) is 42.7 Å². The molecule has 176 valence electrons. The Kier molecular flexibility index (Phi) is 7.76. The summed E-state index contributed by atoms with van der Waals surface area (Å²) in [6, 6.07) is 13.4. The molecule has 1 aliphatic rings. The van der Waals surface area contributed by atoms with E-state index in [4.69, 9.17) is 9.47 Å². The highest BCUT2D eigenvalue weighted by atomic mass is 16.5. The average Bonchev–Trinajstić information content (AvgIpc) is 3.06. The highest BCUT2D eigenvalue weighted by Crippen LogP contribution is 2.39. The molecule has 33 heavy (non-hydrogen) atoms. The minimum absolute atomic E-state index is 0.0831. The van der Waals surface area contributed by atoms with E-state index in [9.17, 15) is 14.7 Å². The molecule has 1 heterocycles. The van der Waals surface area contributed by atoms with Crippen molar-refractivity contribution in [2.24, 2.45) is 5.92 Å². The Morgan fingerprint density at radius 1 is 1.03 bits per heavy atom. The second kappa shape index (κ2) is 10.5. The van der Waals surface area contributed by atoms with Crippen molar-refractivity contribution < 1.29 is 24.2 Å². The third kappa shape index (κ3) is 5.54. The fourth-order valence-corrected chi connectivity index (χ4v) is 3.68. The molecule has 1 N–H and O–H groups in total. The van der Waals surface area contributed by atoms with Gasteiger partial charge in [-0.2, -0.15) is 0 Å². The Hall–Kier alpha value is -3.32. The monoisotopic (exact) mass is 452 g/mol. The summed E-state index contributed by atoms with van der Waals surface area (Å²) >= 11 is 0. The lowest BCUT2D eigenvalue weighted by molar-refractivity contribution is -0.140. The highest BCUT2D eigenvalue weighted by Gasteiger charge is 2.45. The van der Waals surface area contributed by atoms with E-state index in [1.54, 1.807) is 43.5 Å². The van der Waals surface area contributed by atoms with Gasteiger partial charge in [-0.15, -0.1) is 0 Å². The fraction of sp³-hybridized carbons (Fsp3) is 0.385. The largest absolute Gasteiger partial charge is 0.507 e. The molecule has 1 fully saturated rings. The van der Waals surface area contributed by atoms with Crippen LogP contribution in [0, 0.1) is 5.92 Å². The predicted octanol–water partition coefficient (Wildman–Crippen LogP) is 3.71. The smallest absolute Gasteiger partial charge is 0.295 e. The van der Waals surface area contributed by atoms with Crippen molar-refractivity contribution in [3.05, 3.63) is 65.2 Å². The quantitative estimate of drug-likeness (QED) is 0.355. The molecule has 2 aromatic rings. The summed E-state index contributed by atoms with van der Waals surface area (Å²) in [4.78, 5) is 29.5. The van der Waals surface area contributed by atoms with E-state index in [2.05, 4.69) is 13.8 Å². The summed E-state index contributed by atoms with van der Waals surface area (Å²) in [6.07, 6.45) is 0. The summed E-state index contributed by atoms with van der Waals surface area (Å²) in [6.45, 7) is 5.65. The normalized spacial score (nSPS) is 17.8. The van der Waals surface area contributed by atoms with Crippen LogP contribution in [-0.2, 0) is 9.59 Å². The summed E-state index contributed by atoms with van der Waals surface area (Å²) in [5.74, 6) is 0.236. The van der Waals surface area contributed by atoms with Crippen LogP contribution < -0.4 is 9.47 Å². The van der Waals surface area contributed by atoms with Crippen LogP contribution in [-0.4, -0.2) is 67.5 Å². The number of carbonyl (C=O) groups is 2. The lowest BCUT2D eigenvalue weighted by Crippen LogP contribution is -2.35. The zero-order chi connectivity index (χ0) is 24.1. The molecule has 0 spiro atoms. The number of Topliss-reactive ketones (excluding diaryl/α,β-unsaturated/α-hetero) is 1. The number of amides is 1. The van der Waals surface area contributed by atoms with Crippen molar-refractivity contribution in [2.75, 3.05) is 40.9 Å². The van der Waals surface area contributed by atoms with E-state index < -0.39 is 17.7 Å². The fourth-order valence-electron chi connectivity index (χ4n) is 3.68. The van der Waals surface area contributed by atoms with E-state index in [0.717, 1.165) is 5.56 Å². The molecular weight excluding hydrogens is 420 g/mol. The molecular formula is C26H32N2O5. The minimum atomic E-state index is -0.688. The van der Waals surface area contributed by atoms with Gasteiger partial charge in [-0.1, -0.05) is 26.0 Å². The first-order valence-electron chi connectivity index (χ1n) is 11.0. The number of rotatable bonds is 9. The van der Waals surface area contributed by atoms with Crippen LogP contribution in [0.2, 0.25) is 0 Å². The van der Waals surface area contributed by atoms with Gasteiger partial charge in [-0.3, -0.25) is 9.59 Å². The van der Waals surface area contributed by atoms with Crippen molar-refractivity contribution >= 4 is 17.4 Å². The topological polar surface area (TPSA) is 79.3 Å². The van der Waals surface area contributed by atoms with Gasteiger partial charge in [0.05, 0.1) is 25.3 Å². The van der Waals surface area contributed by atoms with Gasteiger partial charge in [-0.25, -0.2) is 0 Å².